The van der Waals surface area contributed by atoms with E-state index in [0.29, 0.717) is 29.9 Å². The molecule has 1 heterocycles. The van der Waals surface area contributed by atoms with Crippen LogP contribution in [0.15, 0.2) is 53.5 Å². The molecule has 0 fully saturated rings. The Kier molecular flexibility index (Phi) is 8.06. The highest BCUT2D eigenvalue weighted by molar-refractivity contribution is 5.97. The minimum absolute atomic E-state index is 0.0207. The zero-order valence-corrected chi connectivity index (χ0v) is 17.6. The first-order chi connectivity index (χ1) is 15.1. The Bertz CT molecular complexity index is 1060. The van der Waals surface area contributed by atoms with Gasteiger partial charge in [0.05, 0.1) is 12.1 Å². The van der Waals surface area contributed by atoms with Crippen LogP contribution in [0.3, 0.4) is 0 Å². The topological polar surface area (TPSA) is 101 Å². The highest BCUT2D eigenvalue weighted by Crippen LogP contribution is 2.25. The van der Waals surface area contributed by atoms with Gasteiger partial charge in [0.15, 0.2) is 0 Å². The number of aromatic amines is 1. The average molecular weight is 424 g/mol. The number of rotatable bonds is 11. The number of pyridine rings is 1. The molecular formula is C24H28N2O5. The number of unbranched alkanes of at least 4 members (excludes halogenated alkanes) is 1. The lowest BCUT2D eigenvalue weighted by Crippen LogP contribution is -2.30. The molecule has 0 bridgehead atoms. The number of aliphatic hydroxyl groups is 1. The summed E-state index contributed by atoms with van der Waals surface area (Å²) in [6.07, 6.45) is 4.12. The van der Waals surface area contributed by atoms with Crippen molar-refractivity contribution in [2.75, 3.05) is 26.4 Å². The summed E-state index contributed by atoms with van der Waals surface area (Å²) in [5.41, 5.74) is 1.20. The summed E-state index contributed by atoms with van der Waals surface area (Å²) in [5, 5.41) is 11.8. The maximum atomic E-state index is 12.9. The fraction of sp³-hybridized carbons (Fsp3) is 0.333. The van der Waals surface area contributed by atoms with Crippen LogP contribution in [0.2, 0.25) is 0 Å². The van der Waals surface area contributed by atoms with Crippen molar-refractivity contribution in [2.24, 2.45) is 0 Å². The van der Waals surface area contributed by atoms with E-state index in [1.807, 2.05) is 30.3 Å². The molecule has 0 saturated carbocycles. The zero-order valence-electron chi connectivity index (χ0n) is 17.6. The third kappa shape index (κ3) is 5.86. The Morgan fingerprint density at radius 2 is 1.90 bits per heavy atom. The Labute approximate surface area is 181 Å². The van der Waals surface area contributed by atoms with Crippen molar-refractivity contribution in [1.29, 1.82) is 0 Å². The van der Waals surface area contributed by atoms with Gasteiger partial charge in [0, 0.05) is 24.2 Å². The van der Waals surface area contributed by atoms with Crippen molar-refractivity contribution < 1.29 is 19.4 Å². The maximum Gasteiger partial charge on any atom is 0.256 e. The van der Waals surface area contributed by atoms with Crippen LogP contribution < -0.4 is 20.2 Å². The van der Waals surface area contributed by atoms with Crippen LogP contribution >= 0.6 is 0 Å². The molecule has 164 valence electrons. The first-order valence-corrected chi connectivity index (χ1v) is 10.5. The first kappa shape index (κ1) is 22.4. The van der Waals surface area contributed by atoms with Gasteiger partial charge in [-0.05, 0) is 36.6 Å². The fourth-order valence-electron chi connectivity index (χ4n) is 3.25. The van der Waals surface area contributed by atoms with Crippen LogP contribution in [0.5, 0.6) is 11.5 Å². The minimum atomic E-state index is -0.509. The number of benzene rings is 2. The number of para-hydroxylation sites is 1. The van der Waals surface area contributed by atoms with Crippen molar-refractivity contribution in [3.8, 4) is 11.5 Å². The minimum Gasteiger partial charge on any atom is -0.490 e. The summed E-state index contributed by atoms with van der Waals surface area (Å²) in [5.74, 6) is 0.976. The van der Waals surface area contributed by atoms with Crippen molar-refractivity contribution in [3.63, 3.8) is 0 Å². The molecule has 1 aromatic heterocycles. The van der Waals surface area contributed by atoms with Gasteiger partial charge < -0.3 is 24.9 Å². The standard InChI is InChI=1S/C24H28N2O5/c1-2-3-7-17-14-19-21(26-16-20(23(19)28)24(29)25-10-11-27)15-22(17)31-13-12-30-18-8-5-4-6-9-18/h4-6,8-9,14-16,27H,2-3,7,10-13H2,1H3,(H,25,29)(H,26,28). The Hall–Kier alpha value is -3.32. The summed E-state index contributed by atoms with van der Waals surface area (Å²) >= 11 is 0. The van der Waals surface area contributed by atoms with E-state index in [-0.39, 0.29) is 24.1 Å². The Morgan fingerprint density at radius 3 is 2.65 bits per heavy atom. The lowest BCUT2D eigenvalue weighted by Gasteiger charge is -2.14. The van der Waals surface area contributed by atoms with Gasteiger partial charge in [0.25, 0.3) is 5.91 Å². The molecule has 0 unspecified atom stereocenters. The highest BCUT2D eigenvalue weighted by atomic mass is 16.5. The van der Waals surface area contributed by atoms with Crippen molar-refractivity contribution in [3.05, 3.63) is 70.0 Å². The van der Waals surface area contributed by atoms with Crippen LogP contribution in [-0.2, 0) is 6.42 Å². The number of carbonyl (C=O) groups is 1. The molecule has 0 saturated heterocycles. The number of aryl methyl sites for hydroxylation is 1. The van der Waals surface area contributed by atoms with E-state index >= 15 is 0 Å². The lowest BCUT2D eigenvalue weighted by molar-refractivity contribution is 0.0943. The first-order valence-electron chi connectivity index (χ1n) is 10.5. The van der Waals surface area contributed by atoms with E-state index < -0.39 is 5.91 Å². The largest absolute Gasteiger partial charge is 0.490 e. The van der Waals surface area contributed by atoms with Gasteiger partial charge >= 0.3 is 0 Å². The maximum absolute atomic E-state index is 12.9. The lowest BCUT2D eigenvalue weighted by atomic mass is 10.0. The zero-order chi connectivity index (χ0) is 22.1. The van der Waals surface area contributed by atoms with Gasteiger partial charge in [-0.1, -0.05) is 31.5 Å². The molecule has 0 aliphatic rings. The van der Waals surface area contributed by atoms with Gasteiger partial charge in [-0.25, -0.2) is 0 Å². The van der Waals surface area contributed by atoms with Crippen molar-refractivity contribution in [2.45, 2.75) is 26.2 Å². The van der Waals surface area contributed by atoms with E-state index in [1.165, 1.54) is 6.20 Å². The van der Waals surface area contributed by atoms with Gasteiger partial charge in [0.1, 0.15) is 30.3 Å². The summed E-state index contributed by atoms with van der Waals surface area (Å²) in [4.78, 5) is 28.1. The summed E-state index contributed by atoms with van der Waals surface area (Å²) in [7, 11) is 0. The molecule has 7 heteroatoms. The van der Waals surface area contributed by atoms with E-state index in [2.05, 4.69) is 17.2 Å². The van der Waals surface area contributed by atoms with Crippen LogP contribution in [0.1, 0.15) is 35.7 Å². The van der Waals surface area contributed by atoms with Crippen LogP contribution in [0.25, 0.3) is 10.9 Å². The quantitative estimate of drug-likeness (QED) is 0.411. The second-order valence-corrected chi connectivity index (χ2v) is 7.13. The second kappa shape index (κ2) is 11.2. The molecule has 3 N–H and O–H groups in total. The third-order valence-corrected chi connectivity index (χ3v) is 4.86. The smallest absolute Gasteiger partial charge is 0.256 e. The molecule has 31 heavy (non-hydrogen) atoms. The second-order valence-electron chi connectivity index (χ2n) is 7.13. The van der Waals surface area contributed by atoms with Gasteiger partial charge in [0.2, 0.25) is 5.43 Å². The molecule has 0 aliphatic carbocycles. The van der Waals surface area contributed by atoms with Crippen LogP contribution in [0, 0.1) is 0 Å². The van der Waals surface area contributed by atoms with Crippen molar-refractivity contribution in [1.82, 2.24) is 10.3 Å². The fourth-order valence-corrected chi connectivity index (χ4v) is 3.25. The van der Waals surface area contributed by atoms with Crippen molar-refractivity contribution >= 4 is 16.8 Å². The SMILES string of the molecule is CCCCc1cc2c(=O)c(C(=O)NCCO)c[nH]c2cc1OCCOc1ccccc1. The number of aromatic nitrogens is 1. The average Bonchev–Trinajstić information content (AvgIpc) is 2.80. The third-order valence-electron chi connectivity index (χ3n) is 4.86. The summed E-state index contributed by atoms with van der Waals surface area (Å²) < 4.78 is 11.7. The number of ether oxygens (including phenoxy) is 2. The number of carbonyl (C=O) groups excluding carboxylic acids is 1. The van der Waals surface area contributed by atoms with E-state index in [1.54, 1.807) is 12.1 Å². The number of nitrogens with one attached hydrogen (secondary N) is 2. The molecule has 0 aliphatic heterocycles. The van der Waals surface area contributed by atoms with Crippen LogP contribution in [0.4, 0.5) is 0 Å². The number of hydrogen-bond donors (Lipinski definition) is 3. The number of aliphatic hydroxyl groups excluding tert-OH is 1. The van der Waals surface area contributed by atoms with Gasteiger partial charge in [-0.3, -0.25) is 9.59 Å². The molecule has 3 rings (SSSR count). The number of amides is 1. The summed E-state index contributed by atoms with van der Waals surface area (Å²) in [6.45, 7) is 2.77. The molecule has 0 spiro atoms. The normalized spacial score (nSPS) is 10.8. The van der Waals surface area contributed by atoms with E-state index in [9.17, 15) is 9.59 Å². The number of hydrogen-bond acceptors (Lipinski definition) is 5. The predicted octanol–water partition coefficient (Wildman–Crippen LogP) is 3.05. The Morgan fingerprint density at radius 1 is 1.13 bits per heavy atom. The monoisotopic (exact) mass is 424 g/mol. The highest BCUT2D eigenvalue weighted by Gasteiger charge is 2.15. The molecule has 1 amide bonds. The number of H-pyrrole nitrogens is 1. The van der Waals surface area contributed by atoms with Crippen LogP contribution in [-0.4, -0.2) is 42.4 Å². The van der Waals surface area contributed by atoms with E-state index in [0.717, 1.165) is 30.6 Å². The van der Waals surface area contributed by atoms with E-state index in [4.69, 9.17) is 14.6 Å². The number of fused-ring (bicyclic) bond motifs is 1. The molecule has 2 aromatic carbocycles. The molecular weight excluding hydrogens is 396 g/mol. The van der Waals surface area contributed by atoms with Gasteiger partial charge in [-0.15, -0.1) is 0 Å². The molecule has 0 radical (unpaired) electrons. The molecule has 0 atom stereocenters. The molecule has 3 aromatic rings. The predicted molar refractivity (Wildman–Crippen MR) is 120 cm³/mol. The van der Waals surface area contributed by atoms with Gasteiger partial charge in [-0.2, -0.15) is 0 Å². The summed E-state index contributed by atoms with van der Waals surface area (Å²) in [6, 6.07) is 13.2. The molecule has 7 nitrogen and oxygen atoms in total. The Balaban J connectivity index is 1.81.